The molecule has 4 aromatic rings. The van der Waals surface area contributed by atoms with Crippen LogP contribution >= 0.6 is 0 Å². The molecule has 0 aliphatic carbocycles. The van der Waals surface area contributed by atoms with Crippen molar-refractivity contribution in [2.75, 3.05) is 11.1 Å². The third-order valence-electron chi connectivity index (χ3n) is 4.16. The molecule has 2 aromatic heterocycles. The Morgan fingerprint density at radius 3 is 2.39 bits per heavy atom. The molecule has 0 aliphatic heterocycles. The fraction of sp³-hybridized carbons (Fsp3) is 0.105. The number of hydrogen-bond donors (Lipinski definition) is 2. The first-order chi connectivity index (χ1) is 13.3. The van der Waals surface area contributed by atoms with Gasteiger partial charge in [0, 0.05) is 11.8 Å². The second-order valence-electron chi connectivity index (χ2n) is 6.16. The number of halogens is 3. The van der Waals surface area contributed by atoms with Crippen molar-refractivity contribution >= 4 is 28.5 Å². The van der Waals surface area contributed by atoms with Gasteiger partial charge in [-0.2, -0.15) is 23.1 Å². The van der Waals surface area contributed by atoms with Crippen molar-refractivity contribution in [3.8, 4) is 5.82 Å². The minimum Gasteiger partial charge on any atom is -0.383 e. The third kappa shape index (κ3) is 3.34. The maximum absolute atomic E-state index is 12.7. The standard InChI is InChI=1S/C19H15F3N6/c1-11-24-14-4-2-3-5-15(14)28(11)17-10-16(23)26-18(27-17)25-13-8-6-12(7-9-13)19(20,21)22/h2-10H,1H3,(H3,23,25,26,27). The van der Waals surface area contributed by atoms with E-state index in [-0.39, 0.29) is 11.8 Å². The summed E-state index contributed by atoms with van der Waals surface area (Å²) in [5, 5.41) is 2.89. The van der Waals surface area contributed by atoms with Crippen LogP contribution in [-0.4, -0.2) is 19.5 Å². The normalized spacial score (nSPS) is 11.7. The van der Waals surface area contributed by atoms with Gasteiger partial charge in [0.25, 0.3) is 0 Å². The Balaban J connectivity index is 1.71. The zero-order valence-electron chi connectivity index (χ0n) is 14.7. The van der Waals surface area contributed by atoms with Gasteiger partial charge in [-0.3, -0.25) is 4.57 Å². The second kappa shape index (κ2) is 6.52. The first-order valence-corrected chi connectivity index (χ1v) is 8.34. The van der Waals surface area contributed by atoms with E-state index in [1.807, 2.05) is 35.8 Å². The zero-order chi connectivity index (χ0) is 19.9. The van der Waals surface area contributed by atoms with E-state index in [2.05, 4.69) is 20.3 Å². The number of para-hydroxylation sites is 2. The number of imidazole rings is 1. The highest BCUT2D eigenvalue weighted by molar-refractivity contribution is 5.78. The quantitative estimate of drug-likeness (QED) is 0.545. The van der Waals surface area contributed by atoms with E-state index < -0.39 is 11.7 Å². The molecular weight excluding hydrogens is 369 g/mol. The molecule has 6 nitrogen and oxygen atoms in total. The van der Waals surface area contributed by atoms with E-state index in [0.29, 0.717) is 11.5 Å². The number of anilines is 3. The number of alkyl halides is 3. The predicted molar refractivity (Wildman–Crippen MR) is 101 cm³/mol. The third-order valence-corrected chi connectivity index (χ3v) is 4.16. The number of aryl methyl sites for hydroxylation is 1. The van der Waals surface area contributed by atoms with Crippen molar-refractivity contribution in [3.63, 3.8) is 0 Å². The van der Waals surface area contributed by atoms with Crippen molar-refractivity contribution < 1.29 is 13.2 Å². The van der Waals surface area contributed by atoms with Gasteiger partial charge in [0.1, 0.15) is 17.5 Å². The molecule has 0 spiro atoms. The smallest absolute Gasteiger partial charge is 0.383 e. The fourth-order valence-electron chi connectivity index (χ4n) is 2.93. The van der Waals surface area contributed by atoms with Crippen LogP contribution in [0.4, 0.5) is 30.6 Å². The SMILES string of the molecule is Cc1nc2ccccc2n1-c1cc(N)nc(Nc2ccc(C(F)(F)F)cc2)n1. The van der Waals surface area contributed by atoms with Crippen LogP contribution in [-0.2, 0) is 6.18 Å². The predicted octanol–water partition coefficient (Wildman–Crippen LogP) is 4.47. The number of hydrogen-bond acceptors (Lipinski definition) is 5. The van der Waals surface area contributed by atoms with Crippen LogP contribution in [0.5, 0.6) is 0 Å². The maximum atomic E-state index is 12.7. The number of nitrogens with two attached hydrogens (primary N) is 1. The van der Waals surface area contributed by atoms with E-state index in [0.717, 1.165) is 29.0 Å². The molecule has 4 rings (SSSR count). The summed E-state index contributed by atoms with van der Waals surface area (Å²) in [6.07, 6.45) is -4.39. The lowest BCUT2D eigenvalue weighted by Gasteiger charge is -2.11. The first-order valence-electron chi connectivity index (χ1n) is 8.34. The lowest BCUT2D eigenvalue weighted by Crippen LogP contribution is -2.07. The Labute approximate surface area is 157 Å². The minimum absolute atomic E-state index is 0.173. The molecule has 0 atom stereocenters. The first kappa shape index (κ1) is 17.8. The molecule has 0 aliphatic rings. The summed E-state index contributed by atoms with van der Waals surface area (Å²) in [6.45, 7) is 1.85. The number of nitrogens with one attached hydrogen (secondary N) is 1. The van der Waals surface area contributed by atoms with Gasteiger partial charge in [-0.15, -0.1) is 0 Å². The van der Waals surface area contributed by atoms with Crippen LogP contribution in [0.25, 0.3) is 16.9 Å². The number of aromatic nitrogens is 4. The molecule has 0 unspecified atom stereocenters. The average molecular weight is 384 g/mol. The summed E-state index contributed by atoms with van der Waals surface area (Å²) in [4.78, 5) is 13.1. The highest BCUT2D eigenvalue weighted by Gasteiger charge is 2.29. The van der Waals surface area contributed by atoms with Crippen LogP contribution < -0.4 is 11.1 Å². The van der Waals surface area contributed by atoms with Gasteiger partial charge in [0.2, 0.25) is 5.95 Å². The topological polar surface area (TPSA) is 81.7 Å². The fourth-order valence-corrected chi connectivity index (χ4v) is 2.93. The van der Waals surface area contributed by atoms with Gasteiger partial charge >= 0.3 is 6.18 Å². The molecule has 0 saturated heterocycles. The van der Waals surface area contributed by atoms with Crippen LogP contribution in [0.3, 0.4) is 0 Å². The van der Waals surface area contributed by atoms with E-state index >= 15 is 0 Å². The second-order valence-corrected chi connectivity index (χ2v) is 6.16. The molecule has 142 valence electrons. The summed E-state index contributed by atoms with van der Waals surface area (Å²) in [6, 6.07) is 13.8. The van der Waals surface area contributed by atoms with Gasteiger partial charge < -0.3 is 11.1 Å². The van der Waals surface area contributed by atoms with Gasteiger partial charge in [0.05, 0.1) is 16.6 Å². The van der Waals surface area contributed by atoms with Crippen LogP contribution in [0.1, 0.15) is 11.4 Å². The monoisotopic (exact) mass is 384 g/mol. The molecule has 0 fully saturated rings. The largest absolute Gasteiger partial charge is 0.416 e. The zero-order valence-corrected chi connectivity index (χ0v) is 14.7. The van der Waals surface area contributed by atoms with Crippen LogP contribution in [0, 0.1) is 6.92 Å². The Kier molecular flexibility index (Phi) is 4.14. The molecule has 0 amide bonds. The van der Waals surface area contributed by atoms with E-state index in [1.165, 1.54) is 12.1 Å². The van der Waals surface area contributed by atoms with Gasteiger partial charge in [-0.25, -0.2) is 4.98 Å². The summed E-state index contributed by atoms with van der Waals surface area (Å²) < 4.78 is 40.0. The highest BCUT2D eigenvalue weighted by Crippen LogP contribution is 2.30. The number of nitrogens with zero attached hydrogens (tertiary/aromatic N) is 4. The number of nitrogen functional groups attached to an aromatic ring is 1. The lowest BCUT2D eigenvalue weighted by atomic mass is 10.2. The van der Waals surface area contributed by atoms with Crippen molar-refractivity contribution in [3.05, 3.63) is 66.0 Å². The highest BCUT2D eigenvalue weighted by atomic mass is 19.4. The molecule has 28 heavy (non-hydrogen) atoms. The molecular formula is C19H15F3N6. The van der Waals surface area contributed by atoms with Crippen molar-refractivity contribution in [2.24, 2.45) is 0 Å². The Hall–Kier alpha value is -3.62. The minimum atomic E-state index is -4.39. The van der Waals surface area contributed by atoms with Gasteiger partial charge in [-0.05, 0) is 43.3 Å². The summed E-state index contributed by atoms with van der Waals surface area (Å²) >= 11 is 0. The number of rotatable bonds is 3. The average Bonchev–Trinajstić information content (AvgIpc) is 2.96. The van der Waals surface area contributed by atoms with Crippen LogP contribution in [0.2, 0.25) is 0 Å². The molecule has 9 heteroatoms. The van der Waals surface area contributed by atoms with Gasteiger partial charge in [-0.1, -0.05) is 12.1 Å². The lowest BCUT2D eigenvalue weighted by molar-refractivity contribution is -0.137. The van der Waals surface area contributed by atoms with Crippen molar-refractivity contribution in [1.82, 2.24) is 19.5 Å². The number of benzene rings is 2. The molecule has 0 radical (unpaired) electrons. The molecule has 0 bridgehead atoms. The summed E-state index contributed by atoms with van der Waals surface area (Å²) in [5.41, 5.74) is 7.28. The Bertz CT molecular complexity index is 1150. The van der Waals surface area contributed by atoms with Crippen LogP contribution in [0.15, 0.2) is 54.6 Å². The Morgan fingerprint density at radius 1 is 0.964 bits per heavy atom. The van der Waals surface area contributed by atoms with Crippen molar-refractivity contribution in [2.45, 2.75) is 13.1 Å². The van der Waals surface area contributed by atoms with Crippen molar-refractivity contribution in [1.29, 1.82) is 0 Å². The molecule has 2 heterocycles. The molecule has 3 N–H and O–H groups in total. The van der Waals surface area contributed by atoms with E-state index in [1.54, 1.807) is 6.07 Å². The maximum Gasteiger partial charge on any atom is 0.416 e. The summed E-state index contributed by atoms with van der Waals surface area (Å²) in [5.74, 6) is 1.62. The van der Waals surface area contributed by atoms with E-state index in [9.17, 15) is 13.2 Å². The Morgan fingerprint density at radius 2 is 1.68 bits per heavy atom. The number of fused-ring (bicyclic) bond motifs is 1. The van der Waals surface area contributed by atoms with E-state index in [4.69, 9.17) is 5.73 Å². The van der Waals surface area contributed by atoms with Gasteiger partial charge in [0.15, 0.2) is 0 Å². The molecule has 0 saturated carbocycles. The molecule has 2 aromatic carbocycles. The summed E-state index contributed by atoms with van der Waals surface area (Å²) in [7, 11) is 0.